The molecule has 0 saturated carbocycles. The van der Waals surface area contributed by atoms with Gasteiger partial charge in [0, 0.05) is 20.1 Å². The summed E-state index contributed by atoms with van der Waals surface area (Å²) in [5.74, 6) is -0.0446. The largest absolute Gasteiger partial charge is 0.484 e. The molecule has 0 unspecified atom stereocenters. The Morgan fingerprint density at radius 1 is 1.03 bits per heavy atom. The Labute approximate surface area is 182 Å². The summed E-state index contributed by atoms with van der Waals surface area (Å²) >= 11 is 0. The van der Waals surface area contributed by atoms with E-state index in [4.69, 9.17) is 4.74 Å². The zero-order chi connectivity index (χ0) is 22.4. The lowest BCUT2D eigenvalue weighted by molar-refractivity contribution is -0.118. The fourth-order valence-electron chi connectivity index (χ4n) is 3.32. The highest BCUT2D eigenvalue weighted by atomic mass is 32.2. The molecule has 8 nitrogen and oxygen atoms in total. The summed E-state index contributed by atoms with van der Waals surface area (Å²) in [4.78, 5) is 27.0. The summed E-state index contributed by atoms with van der Waals surface area (Å²) in [6, 6.07) is 13.3. The van der Waals surface area contributed by atoms with E-state index in [1.807, 2.05) is 4.90 Å². The molecule has 0 bridgehead atoms. The molecule has 1 fully saturated rings. The molecule has 1 aliphatic rings. The molecule has 166 valence electrons. The molecule has 9 heteroatoms. The highest BCUT2D eigenvalue weighted by Gasteiger charge is 2.21. The third-order valence-corrected chi connectivity index (χ3v) is 6.35. The van der Waals surface area contributed by atoms with Crippen LogP contribution in [0.2, 0.25) is 0 Å². The summed E-state index contributed by atoms with van der Waals surface area (Å²) in [5, 5.41) is 2.75. The van der Waals surface area contributed by atoms with Crippen molar-refractivity contribution in [1.82, 2.24) is 4.90 Å². The lowest BCUT2D eigenvalue weighted by Crippen LogP contribution is -2.36. The minimum absolute atomic E-state index is 0.0814. The van der Waals surface area contributed by atoms with E-state index < -0.39 is 15.9 Å². The number of nitrogens with one attached hydrogen (secondary N) is 1. The van der Waals surface area contributed by atoms with Crippen molar-refractivity contribution in [3.05, 3.63) is 54.1 Å². The first kappa shape index (κ1) is 22.6. The van der Waals surface area contributed by atoms with Gasteiger partial charge in [0.25, 0.3) is 11.8 Å². The molecule has 0 aromatic heterocycles. The maximum absolute atomic E-state index is 12.8. The van der Waals surface area contributed by atoms with Crippen LogP contribution in [-0.2, 0) is 14.8 Å². The average molecular weight is 446 g/mol. The summed E-state index contributed by atoms with van der Waals surface area (Å²) in [6.07, 6.45) is 4.24. The number of hydrogen-bond donors (Lipinski definition) is 1. The van der Waals surface area contributed by atoms with Crippen LogP contribution in [0.3, 0.4) is 0 Å². The SMILES string of the molecule is CN(c1ccc(OCC(=O)Nc2ccccc2C(=O)N2CCCCC2)cc1)S(C)(=O)=O. The lowest BCUT2D eigenvalue weighted by atomic mass is 10.1. The first-order valence-corrected chi connectivity index (χ1v) is 12.0. The number of sulfonamides is 1. The van der Waals surface area contributed by atoms with Gasteiger partial charge in [-0.25, -0.2) is 8.42 Å². The van der Waals surface area contributed by atoms with Crippen molar-refractivity contribution in [3.63, 3.8) is 0 Å². The molecule has 31 heavy (non-hydrogen) atoms. The molecule has 1 N–H and O–H groups in total. The predicted molar refractivity (Wildman–Crippen MR) is 120 cm³/mol. The number of nitrogens with zero attached hydrogens (tertiary/aromatic N) is 2. The van der Waals surface area contributed by atoms with Gasteiger partial charge in [0.1, 0.15) is 5.75 Å². The van der Waals surface area contributed by atoms with Crippen molar-refractivity contribution < 1.29 is 22.7 Å². The highest BCUT2D eigenvalue weighted by Crippen LogP contribution is 2.22. The van der Waals surface area contributed by atoms with Crippen molar-refractivity contribution in [2.75, 3.05) is 42.6 Å². The summed E-state index contributed by atoms with van der Waals surface area (Å²) in [5.41, 5.74) is 1.41. The third kappa shape index (κ3) is 5.97. The third-order valence-electron chi connectivity index (χ3n) is 5.14. The van der Waals surface area contributed by atoms with E-state index >= 15 is 0 Å². The maximum Gasteiger partial charge on any atom is 0.262 e. The monoisotopic (exact) mass is 445 g/mol. The van der Waals surface area contributed by atoms with Crippen LogP contribution in [0, 0.1) is 0 Å². The van der Waals surface area contributed by atoms with Crippen molar-refractivity contribution in [2.45, 2.75) is 19.3 Å². The molecular weight excluding hydrogens is 418 g/mol. The van der Waals surface area contributed by atoms with Gasteiger partial charge < -0.3 is 15.0 Å². The molecule has 0 spiro atoms. The van der Waals surface area contributed by atoms with Crippen LogP contribution in [-0.4, -0.2) is 58.1 Å². The Kier molecular flexibility index (Phi) is 7.17. The number of carbonyl (C=O) groups excluding carboxylic acids is 2. The van der Waals surface area contributed by atoms with Gasteiger partial charge in [-0.3, -0.25) is 13.9 Å². The molecular formula is C22H27N3O5S. The van der Waals surface area contributed by atoms with Crippen molar-refractivity contribution in [3.8, 4) is 5.75 Å². The molecule has 2 aromatic carbocycles. The minimum atomic E-state index is -3.35. The van der Waals surface area contributed by atoms with Crippen LogP contribution in [0.25, 0.3) is 0 Å². The first-order valence-electron chi connectivity index (χ1n) is 10.1. The highest BCUT2D eigenvalue weighted by molar-refractivity contribution is 7.92. The number of ether oxygens (including phenoxy) is 1. The van der Waals surface area contributed by atoms with E-state index in [1.54, 1.807) is 48.5 Å². The average Bonchev–Trinajstić information content (AvgIpc) is 2.77. The van der Waals surface area contributed by atoms with E-state index in [0.717, 1.165) is 42.9 Å². The zero-order valence-corrected chi connectivity index (χ0v) is 18.5. The molecule has 3 rings (SSSR count). The number of piperidine rings is 1. The Balaban J connectivity index is 1.60. The van der Waals surface area contributed by atoms with Crippen LogP contribution in [0.5, 0.6) is 5.75 Å². The van der Waals surface area contributed by atoms with Gasteiger partial charge in [-0.05, 0) is 55.7 Å². The van der Waals surface area contributed by atoms with Crippen LogP contribution < -0.4 is 14.4 Å². The van der Waals surface area contributed by atoms with Gasteiger partial charge in [0.05, 0.1) is 23.2 Å². The second-order valence-corrected chi connectivity index (χ2v) is 9.47. The number of hydrogen-bond acceptors (Lipinski definition) is 5. The van der Waals surface area contributed by atoms with E-state index in [-0.39, 0.29) is 12.5 Å². The summed E-state index contributed by atoms with van der Waals surface area (Å²) in [6.45, 7) is 1.22. The van der Waals surface area contributed by atoms with Crippen molar-refractivity contribution >= 4 is 33.2 Å². The first-order chi connectivity index (χ1) is 14.8. The molecule has 0 radical (unpaired) electrons. The van der Waals surface area contributed by atoms with Crippen LogP contribution >= 0.6 is 0 Å². The van der Waals surface area contributed by atoms with E-state index in [1.165, 1.54) is 7.05 Å². The molecule has 2 amide bonds. The second-order valence-electron chi connectivity index (χ2n) is 7.46. The zero-order valence-electron chi connectivity index (χ0n) is 17.7. The van der Waals surface area contributed by atoms with E-state index in [9.17, 15) is 18.0 Å². The Morgan fingerprint density at radius 3 is 2.32 bits per heavy atom. The van der Waals surface area contributed by atoms with Gasteiger partial charge >= 0.3 is 0 Å². The molecule has 2 aromatic rings. The number of para-hydroxylation sites is 1. The molecule has 0 aliphatic carbocycles. The molecule has 1 aliphatic heterocycles. The maximum atomic E-state index is 12.8. The quantitative estimate of drug-likeness (QED) is 0.707. The van der Waals surface area contributed by atoms with Crippen LogP contribution in [0.15, 0.2) is 48.5 Å². The van der Waals surface area contributed by atoms with Crippen molar-refractivity contribution in [1.29, 1.82) is 0 Å². The van der Waals surface area contributed by atoms with Gasteiger partial charge in [0.2, 0.25) is 10.0 Å². The number of rotatable bonds is 7. The van der Waals surface area contributed by atoms with E-state index in [0.29, 0.717) is 22.7 Å². The standard InChI is InChI=1S/C22H27N3O5S/c1-24(31(2,28)29)17-10-12-18(13-11-17)30-16-21(26)23-20-9-5-4-8-19(20)22(27)25-14-6-3-7-15-25/h4-5,8-13H,3,6-7,14-16H2,1-2H3,(H,23,26). The topological polar surface area (TPSA) is 96.0 Å². The Hall–Kier alpha value is -3.07. The number of benzene rings is 2. The fraction of sp³-hybridized carbons (Fsp3) is 0.364. The lowest BCUT2D eigenvalue weighted by Gasteiger charge is -2.27. The van der Waals surface area contributed by atoms with Gasteiger partial charge in [-0.15, -0.1) is 0 Å². The van der Waals surface area contributed by atoms with Crippen molar-refractivity contribution in [2.24, 2.45) is 0 Å². The number of likely N-dealkylation sites (tertiary alicyclic amines) is 1. The second kappa shape index (κ2) is 9.82. The van der Waals surface area contributed by atoms with Gasteiger partial charge in [-0.1, -0.05) is 12.1 Å². The summed E-state index contributed by atoms with van der Waals surface area (Å²) < 4.78 is 29.8. The number of anilines is 2. The minimum Gasteiger partial charge on any atom is -0.484 e. The number of carbonyl (C=O) groups is 2. The Morgan fingerprint density at radius 2 is 1.68 bits per heavy atom. The molecule has 1 saturated heterocycles. The normalized spacial score (nSPS) is 14.1. The fourth-order valence-corrected chi connectivity index (χ4v) is 3.83. The smallest absolute Gasteiger partial charge is 0.262 e. The number of amides is 2. The van der Waals surface area contributed by atoms with Crippen LogP contribution in [0.1, 0.15) is 29.6 Å². The van der Waals surface area contributed by atoms with Gasteiger partial charge in [0.15, 0.2) is 6.61 Å². The summed E-state index contributed by atoms with van der Waals surface area (Å²) in [7, 11) is -1.89. The van der Waals surface area contributed by atoms with Crippen LogP contribution in [0.4, 0.5) is 11.4 Å². The molecule has 0 atom stereocenters. The van der Waals surface area contributed by atoms with Gasteiger partial charge in [-0.2, -0.15) is 0 Å². The molecule has 1 heterocycles. The van der Waals surface area contributed by atoms with E-state index in [2.05, 4.69) is 5.32 Å². The Bertz CT molecular complexity index is 1030. The predicted octanol–water partition coefficient (Wildman–Crippen LogP) is 2.73.